The Morgan fingerprint density at radius 3 is 2.46 bits per heavy atom. The molecule has 11 heteroatoms. The van der Waals surface area contributed by atoms with Gasteiger partial charge in [0.1, 0.15) is 11.8 Å². The average molecular weight is 544 g/mol. The van der Waals surface area contributed by atoms with Crippen LogP contribution in [0.4, 0.5) is 5.88 Å². The van der Waals surface area contributed by atoms with E-state index in [2.05, 4.69) is 15.5 Å². The number of nitrogens with zero attached hydrogens (tertiary/aromatic N) is 6. The van der Waals surface area contributed by atoms with Gasteiger partial charge in [-0.25, -0.2) is 23.5 Å². The van der Waals surface area contributed by atoms with Gasteiger partial charge in [0.15, 0.2) is 0 Å². The highest BCUT2D eigenvalue weighted by Gasteiger charge is 2.26. The Balaban J connectivity index is 1.46. The normalized spacial score (nSPS) is 14.6. The van der Waals surface area contributed by atoms with Gasteiger partial charge in [0.05, 0.1) is 16.8 Å². The van der Waals surface area contributed by atoms with E-state index >= 15 is 0 Å². The minimum atomic E-state index is -3.54. The maximum atomic E-state index is 13.1. The number of aromatic nitrogens is 3. The molecular formula is C28H29N7O3S. The van der Waals surface area contributed by atoms with E-state index in [9.17, 15) is 13.7 Å². The summed E-state index contributed by atoms with van der Waals surface area (Å²) in [5.41, 5.74) is 5.80. The number of anilines is 1. The predicted molar refractivity (Wildman–Crippen MR) is 148 cm³/mol. The molecule has 0 spiro atoms. The van der Waals surface area contributed by atoms with Crippen LogP contribution in [0.5, 0.6) is 0 Å². The third-order valence-electron chi connectivity index (χ3n) is 6.46. The van der Waals surface area contributed by atoms with Gasteiger partial charge in [0.2, 0.25) is 21.6 Å². The summed E-state index contributed by atoms with van der Waals surface area (Å²) < 4.78 is 35.2. The molecule has 2 aromatic carbocycles. The van der Waals surface area contributed by atoms with Crippen molar-refractivity contribution in [2.45, 2.75) is 43.9 Å². The molecule has 3 heterocycles. The first-order valence-electron chi connectivity index (χ1n) is 12.8. The highest BCUT2D eigenvalue weighted by molar-refractivity contribution is 7.89. The van der Waals surface area contributed by atoms with Crippen LogP contribution in [0.1, 0.15) is 56.2 Å². The number of piperidine rings is 1. The van der Waals surface area contributed by atoms with Crippen molar-refractivity contribution in [2.75, 3.05) is 18.5 Å². The molecule has 200 valence electrons. The van der Waals surface area contributed by atoms with Crippen LogP contribution in [0.2, 0.25) is 0 Å². The smallest absolute Gasteiger partial charge is 0.252 e. The second-order valence-corrected chi connectivity index (χ2v) is 11.5. The van der Waals surface area contributed by atoms with E-state index in [-0.39, 0.29) is 22.4 Å². The molecule has 1 saturated heterocycles. The summed E-state index contributed by atoms with van der Waals surface area (Å²) in [7, 11) is -3.54. The van der Waals surface area contributed by atoms with Crippen LogP contribution < -0.4 is 5.43 Å². The van der Waals surface area contributed by atoms with Crippen molar-refractivity contribution in [2.24, 2.45) is 5.10 Å². The van der Waals surface area contributed by atoms with Gasteiger partial charge in [0, 0.05) is 36.3 Å². The van der Waals surface area contributed by atoms with Crippen LogP contribution in [-0.2, 0) is 10.0 Å². The molecule has 2 aromatic heterocycles. The number of hydrogen-bond donors (Lipinski definition) is 1. The topological polar surface area (TPSA) is 129 Å². The lowest BCUT2D eigenvalue weighted by atomic mass is 10.1. The predicted octanol–water partition coefficient (Wildman–Crippen LogP) is 5.14. The van der Waals surface area contributed by atoms with Crippen molar-refractivity contribution in [3.05, 3.63) is 77.9 Å². The Morgan fingerprint density at radius 2 is 1.79 bits per heavy atom. The Labute approximate surface area is 227 Å². The summed E-state index contributed by atoms with van der Waals surface area (Å²) in [4.78, 5) is 4.46. The molecule has 1 N–H and O–H groups in total. The molecule has 0 atom stereocenters. The maximum absolute atomic E-state index is 13.1. The van der Waals surface area contributed by atoms with Gasteiger partial charge in [-0.3, -0.25) is 0 Å². The highest BCUT2D eigenvalue weighted by Crippen LogP contribution is 2.27. The summed E-state index contributed by atoms with van der Waals surface area (Å²) in [6.45, 7) is 4.95. The zero-order valence-corrected chi connectivity index (χ0v) is 22.6. The number of hydrazone groups is 1. The summed E-state index contributed by atoms with van der Waals surface area (Å²) in [6.07, 6.45) is 6.24. The quantitative estimate of drug-likeness (QED) is 0.240. The molecule has 4 aromatic rings. The summed E-state index contributed by atoms with van der Waals surface area (Å²) in [6, 6.07) is 18.4. The molecule has 1 aliphatic rings. The fourth-order valence-corrected chi connectivity index (χ4v) is 5.87. The number of nitrogens with one attached hydrogen (secondary N) is 1. The number of benzene rings is 2. The van der Waals surface area contributed by atoms with E-state index in [1.807, 2.05) is 56.4 Å². The number of sulfonamides is 1. The second-order valence-electron chi connectivity index (χ2n) is 9.57. The third kappa shape index (κ3) is 5.62. The molecule has 0 radical (unpaired) electrons. The molecule has 10 nitrogen and oxygen atoms in total. The Bertz CT molecular complexity index is 1610. The first-order chi connectivity index (χ1) is 18.9. The Morgan fingerprint density at radius 1 is 1.08 bits per heavy atom. The summed E-state index contributed by atoms with van der Waals surface area (Å²) in [5.74, 6) is 0.636. The number of para-hydroxylation sites is 1. The number of hydrogen-bond acceptors (Lipinski definition) is 8. The molecule has 39 heavy (non-hydrogen) atoms. The first kappa shape index (κ1) is 26.3. The molecular weight excluding hydrogens is 514 g/mol. The SMILES string of the molecule is CC(C)c1nc(C#N)c(N/N=C/c2cn(-c3ccccc3)nc2-c2ccc(S(=O)(=O)N3CCCCC3)cc2)o1. The molecule has 0 bridgehead atoms. The molecule has 1 aliphatic heterocycles. The minimum Gasteiger partial charge on any atom is -0.422 e. The number of oxazole rings is 1. The van der Waals surface area contributed by atoms with Crippen LogP contribution in [0.25, 0.3) is 16.9 Å². The lowest BCUT2D eigenvalue weighted by Crippen LogP contribution is -2.35. The van der Waals surface area contributed by atoms with E-state index < -0.39 is 10.0 Å². The van der Waals surface area contributed by atoms with Gasteiger partial charge in [-0.1, -0.05) is 50.6 Å². The fourth-order valence-electron chi connectivity index (χ4n) is 4.35. The molecule has 0 saturated carbocycles. The summed E-state index contributed by atoms with van der Waals surface area (Å²) in [5, 5.41) is 18.4. The van der Waals surface area contributed by atoms with Crippen molar-refractivity contribution in [3.63, 3.8) is 0 Å². The standard InChI is InChI=1S/C28H29N7O3S/c1-20(2)27-31-25(17-29)28(38-27)32-30-18-22-19-35(23-9-5-3-6-10-23)33-26(22)21-11-13-24(14-12-21)39(36,37)34-15-7-4-8-16-34/h3,5-6,9-14,18-20,32H,4,7-8,15-16H2,1-2H3/b30-18+. The van der Waals surface area contributed by atoms with E-state index in [1.165, 1.54) is 0 Å². The molecule has 0 unspecified atom stereocenters. The van der Waals surface area contributed by atoms with E-state index in [0.717, 1.165) is 30.5 Å². The van der Waals surface area contributed by atoms with Crippen molar-refractivity contribution in [1.82, 2.24) is 19.1 Å². The number of rotatable bonds is 8. The average Bonchev–Trinajstić information content (AvgIpc) is 3.59. The highest BCUT2D eigenvalue weighted by atomic mass is 32.2. The van der Waals surface area contributed by atoms with Crippen LogP contribution >= 0.6 is 0 Å². The van der Waals surface area contributed by atoms with Gasteiger partial charge >= 0.3 is 0 Å². The molecule has 0 amide bonds. The zero-order chi connectivity index (χ0) is 27.4. The summed E-state index contributed by atoms with van der Waals surface area (Å²) >= 11 is 0. The van der Waals surface area contributed by atoms with Gasteiger partial charge in [-0.15, -0.1) is 0 Å². The van der Waals surface area contributed by atoms with Gasteiger partial charge < -0.3 is 4.42 Å². The van der Waals surface area contributed by atoms with Gasteiger partial charge in [-0.05, 0) is 37.1 Å². The monoisotopic (exact) mass is 543 g/mol. The van der Waals surface area contributed by atoms with E-state index in [1.54, 1.807) is 39.5 Å². The van der Waals surface area contributed by atoms with E-state index in [0.29, 0.717) is 30.2 Å². The molecule has 1 fully saturated rings. The van der Waals surface area contributed by atoms with Crippen molar-refractivity contribution in [3.8, 4) is 23.0 Å². The molecule has 5 rings (SSSR count). The van der Waals surface area contributed by atoms with Crippen molar-refractivity contribution >= 4 is 22.1 Å². The zero-order valence-electron chi connectivity index (χ0n) is 21.8. The minimum absolute atomic E-state index is 0.0223. The van der Waals surface area contributed by atoms with Crippen molar-refractivity contribution < 1.29 is 12.8 Å². The Hall–Kier alpha value is -4.27. The van der Waals surface area contributed by atoms with Crippen LogP contribution in [0.15, 0.2) is 75.2 Å². The van der Waals surface area contributed by atoms with Crippen LogP contribution in [-0.4, -0.2) is 46.8 Å². The third-order valence-corrected chi connectivity index (χ3v) is 8.37. The molecule has 0 aliphatic carbocycles. The first-order valence-corrected chi connectivity index (χ1v) is 14.3. The van der Waals surface area contributed by atoms with Crippen LogP contribution in [0.3, 0.4) is 0 Å². The second kappa shape index (κ2) is 11.2. The maximum Gasteiger partial charge on any atom is 0.252 e. The lowest BCUT2D eigenvalue weighted by Gasteiger charge is -2.25. The lowest BCUT2D eigenvalue weighted by molar-refractivity contribution is 0.346. The number of nitriles is 1. The fraction of sp³-hybridized carbons (Fsp3) is 0.286. The van der Waals surface area contributed by atoms with Crippen LogP contribution in [0, 0.1) is 11.3 Å². The van der Waals surface area contributed by atoms with Gasteiger partial charge in [0.25, 0.3) is 5.88 Å². The largest absolute Gasteiger partial charge is 0.422 e. The van der Waals surface area contributed by atoms with Gasteiger partial charge in [-0.2, -0.15) is 19.8 Å². The van der Waals surface area contributed by atoms with E-state index in [4.69, 9.17) is 9.52 Å². The Kier molecular flexibility index (Phi) is 7.58. The van der Waals surface area contributed by atoms with Crippen molar-refractivity contribution in [1.29, 1.82) is 5.26 Å².